The third kappa shape index (κ3) is 26.6. The molecule has 0 unspecified atom stereocenters. The summed E-state index contributed by atoms with van der Waals surface area (Å²) in [5.41, 5.74) is 27.9. The van der Waals surface area contributed by atoms with Crippen molar-refractivity contribution in [2.45, 2.75) is 90.5 Å². The van der Waals surface area contributed by atoms with E-state index >= 15 is 0 Å². The van der Waals surface area contributed by atoms with E-state index in [1.54, 1.807) is 18.6 Å². The number of carbonyl (C=O) groups excluding carboxylic acids is 2. The van der Waals surface area contributed by atoms with E-state index in [0.29, 0.717) is 0 Å². The molecule has 10 aromatic heterocycles. The molecule has 8 N–H and O–H groups in total. The van der Waals surface area contributed by atoms with Crippen LogP contribution in [-0.2, 0) is 33.1 Å². The summed E-state index contributed by atoms with van der Waals surface area (Å²) in [5.74, 6) is -0.426. The van der Waals surface area contributed by atoms with Crippen LogP contribution in [0.3, 0.4) is 0 Å². The SMILES string of the molecule is C.C.C/C=C1/C=CC(C(C)=c2cc/c(=C/c3ccc(/C(C)=C4/C=CC=N4)[nH]3)[nH]2)=N1.C/C=C1/C=CC(C(C)=c2cc/c(=C/c3ccc(/C=C4/C=CC=N4)[nH]3)[nH]2)=N1.C/C=C1/C=CC(C=c2cc/c(=C/c3ccc(/C=C4/C=CC=N4)[nH]3)[nH]2)=N1.C/C=c1/ccc(=C(C)C2=NC(=Cc3ccc(C(C)=C4C=CC=N4)[n-]3)C=C2)[n-]1.CC(=O)C=O.[Cl-].[Mn+3].c1c[nH]c(Cc2ccc[nH]2)c1. The van der Waals surface area contributed by atoms with E-state index in [0.717, 1.165) is 191 Å². The second kappa shape index (κ2) is 46.2. The Kier molecular flexibility index (Phi) is 34.7. The second-order valence-corrected chi connectivity index (χ2v) is 28.4. The van der Waals surface area contributed by atoms with Crippen LogP contribution in [0, 0.1) is 0 Å². The summed E-state index contributed by atoms with van der Waals surface area (Å²) in [6.45, 7) is 19.6. The van der Waals surface area contributed by atoms with Gasteiger partial charge in [-0.15, -0.1) is 28.2 Å². The molecule has 10 aromatic rings. The molecule has 125 heavy (non-hydrogen) atoms. The fourth-order valence-corrected chi connectivity index (χ4v) is 13.0. The first-order valence-corrected chi connectivity index (χ1v) is 39.8. The summed E-state index contributed by atoms with van der Waals surface area (Å²) in [7, 11) is 0. The molecule has 22 heteroatoms. The summed E-state index contributed by atoms with van der Waals surface area (Å²) in [5, 5.41) is 8.29. The number of aliphatic imine (C=N–C) groups is 8. The van der Waals surface area contributed by atoms with Crippen LogP contribution in [0.25, 0.3) is 76.5 Å². The standard InChI is InChI=1S/C23H22N4.C23H20N4.C22H20N4.C21H18N4.C9H10N2.C3H4O2.2CH4.ClH.Mn/c2*1-4-17-7-10-22(25-17)16(3)23-12-9-19(27-23)14-18-8-11-21(26-18)15(2)20-6-5-13-24-20;1-3-16-8-10-21(25-16)15(2)22-11-9-20(26-22)14-19-7-6-18(24-19)13-17-5-4-12-23-17;1-2-15-5-6-18(23-15)13-19-9-10-21(25-19)14-20-8-7-17(24-20)12-16-4-3-11-22-16;1-3-8(10-5-1)7-9-4-2-6-11-9;1-3(5)2-4;;;;/h4-14,26-27H,1-3H3;4-14H,1-3H3;3-14,24,26H,1-2H3;2-14,24-25H,1H3;1-6,10-11H,7H2;2H,1H3;2*1H4;1H;/q;-2;;;;;;;;+3/p-1/b17-4-,19-14-,20-15-,23-16?;17-4-,19-14?,20-15?,22-16?;16-3-,17-13-,20-14-,22-15?;15-2-,16-12-,19-13?,21-14-;;;;;;. The number of hydrogen-bond acceptors (Lipinski definition) is 10. The number of H-pyrrole nitrogens is 8. The number of Topliss-reactive ketones (excluding diaryl/α,β-unsaturated/α-hetero) is 1. The summed E-state index contributed by atoms with van der Waals surface area (Å²) in [4.78, 5) is 90.3. The molecular formula is C103H102ClMnN18O2. The fraction of sp³-hybridized carbons (Fsp3) is 0.126. The monoisotopic (exact) mass is 1710 g/mol. The maximum absolute atomic E-state index is 9.44. The van der Waals surface area contributed by atoms with Crippen molar-refractivity contribution >= 4 is 136 Å². The van der Waals surface area contributed by atoms with Crippen molar-refractivity contribution in [1.82, 2.24) is 49.8 Å². The topological polar surface area (TPSA) is 288 Å². The molecule has 0 amide bonds. The van der Waals surface area contributed by atoms with Gasteiger partial charge in [0.15, 0.2) is 12.1 Å². The van der Waals surface area contributed by atoms with E-state index < -0.39 is 5.78 Å². The van der Waals surface area contributed by atoms with Crippen LogP contribution in [0.5, 0.6) is 0 Å². The van der Waals surface area contributed by atoms with Gasteiger partial charge in [-0.2, -0.15) is 0 Å². The number of halogens is 1. The van der Waals surface area contributed by atoms with Gasteiger partial charge in [-0.25, -0.2) is 20.0 Å². The Morgan fingerprint density at radius 2 is 0.824 bits per heavy atom. The van der Waals surface area contributed by atoms with Crippen molar-refractivity contribution in [1.29, 1.82) is 0 Å². The van der Waals surface area contributed by atoms with Gasteiger partial charge in [0.25, 0.3) is 0 Å². The predicted molar refractivity (Wildman–Crippen MR) is 516 cm³/mol. The summed E-state index contributed by atoms with van der Waals surface area (Å²) >= 11 is 0. The van der Waals surface area contributed by atoms with Crippen LogP contribution in [0.15, 0.2) is 335 Å². The maximum Gasteiger partial charge on any atom is 3.00 e. The third-order valence-corrected chi connectivity index (χ3v) is 19.7. The Hall–Kier alpha value is -14.9. The average molecular weight is 1710 g/mol. The van der Waals surface area contributed by atoms with Crippen LogP contribution in [0.4, 0.5) is 0 Å². The number of aromatic amines is 8. The van der Waals surface area contributed by atoms with Crippen LogP contribution < -0.4 is 65.2 Å². The number of ketones is 1. The van der Waals surface area contributed by atoms with Gasteiger partial charge < -0.3 is 62.2 Å². The minimum Gasteiger partial charge on any atom is -1.00 e. The smallest absolute Gasteiger partial charge is 1.00 e. The molecule has 0 radical (unpaired) electrons. The maximum atomic E-state index is 9.44. The van der Waals surface area contributed by atoms with Crippen LogP contribution in [0.2, 0.25) is 0 Å². The van der Waals surface area contributed by atoms with Gasteiger partial charge in [0.05, 0.1) is 68.4 Å². The van der Waals surface area contributed by atoms with E-state index in [1.807, 2.05) is 229 Å². The molecule has 0 saturated carbocycles. The van der Waals surface area contributed by atoms with E-state index in [-0.39, 0.29) is 50.6 Å². The Bertz CT molecular complexity index is 6840. The van der Waals surface area contributed by atoms with Crippen LogP contribution >= 0.6 is 0 Å². The minimum absolute atomic E-state index is 0. The van der Waals surface area contributed by atoms with E-state index in [2.05, 4.69) is 217 Å². The van der Waals surface area contributed by atoms with Crippen molar-refractivity contribution < 1.29 is 39.1 Å². The van der Waals surface area contributed by atoms with Crippen molar-refractivity contribution in [2.24, 2.45) is 39.9 Å². The molecule has 18 rings (SSSR count). The first-order valence-electron chi connectivity index (χ1n) is 39.8. The summed E-state index contributed by atoms with van der Waals surface area (Å²) in [6, 6.07) is 41.1. The average Bonchev–Trinajstić information content (AvgIpc) is 1.70. The van der Waals surface area contributed by atoms with Gasteiger partial charge in [0, 0.05) is 128 Å². The molecular weight excluding hydrogens is 1610 g/mol. The second-order valence-electron chi connectivity index (χ2n) is 28.4. The van der Waals surface area contributed by atoms with Crippen LogP contribution in [-0.4, -0.2) is 99.6 Å². The van der Waals surface area contributed by atoms with Gasteiger partial charge in [-0.1, -0.05) is 63.4 Å². The number of rotatable bonds is 15. The van der Waals surface area contributed by atoms with Crippen molar-refractivity contribution in [3.8, 4) is 0 Å². The van der Waals surface area contributed by atoms with Crippen molar-refractivity contribution in [2.75, 3.05) is 0 Å². The zero-order valence-electron chi connectivity index (χ0n) is 69.9. The Labute approximate surface area is 745 Å². The predicted octanol–water partition coefficient (Wildman–Crippen LogP) is 12.7. The van der Waals surface area contributed by atoms with E-state index in [9.17, 15) is 4.79 Å². The van der Waals surface area contributed by atoms with E-state index in [1.165, 1.54) is 18.3 Å². The Balaban J connectivity index is 0.000000176. The van der Waals surface area contributed by atoms with Gasteiger partial charge >= 0.3 is 17.1 Å². The molecule has 0 bridgehead atoms. The molecule has 8 aliphatic heterocycles. The molecule has 630 valence electrons. The molecule has 18 heterocycles. The molecule has 0 aromatic carbocycles. The molecule has 0 atom stereocenters. The zero-order valence-corrected chi connectivity index (χ0v) is 71.9. The Morgan fingerprint density at radius 1 is 0.376 bits per heavy atom. The Morgan fingerprint density at radius 3 is 1.29 bits per heavy atom. The number of carbonyl (C=O) groups is 2. The largest absolute Gasteiger partial charge is 3.00 e. The first kappa shape index (κ1) is 94.0. The van der Waals surface area contributed by atoms with Gasteiger partial charge in [-0.05, 0) is 321 Å². The van der Waals surface area contributed by atoms with Crippen molar-refractivity contribution in [3.63, 3.8) is 0 Å². The normalized spacial score (nSPS) is 18.6. The fourth-order valence-electron chi connectivity index (χ4n) is 13.0. The minimum atomic E-state index is -0.426. The quantitative estimate of drug-likeness (QED) is 0.0282. The third-order valence-electron chi connectivity index (χ3n) is 19.7. The van der Waals surface area contributed by atoms with Gasteiger partial charge in [0.2, 0.25) is 0 Å². The summed E-state index contributed by atoms with van der Waals surface area (Å²) < 4.78 is 0. The molecule has 0 saturated heterocycles. The number of aromatic nitrogens is 10. The molecule has 20 nitrogen and oxygen atoms in total. The number of hydrogen-bond donors (Lipinski definition) is 8. The molecule has 0 fully saturated rings. The number of allylic oxidation sites excluding steroid dienone is 21. The van der Waals surface area contributed by atoms with Crippen LogP contribution in [0.1, 0.15) is 141 Å². The van der Waals surface area contributed by atoms with E-state index in [4.69, 9.17) is 14.8 Å². The number of aldehydes is 1. The molecule has 8 aliphatic rings. The number of nitrogens with zero attached hydrogens (tertiary/aromatic N) is 10. The van der Waals surface area contributed by atoms with Crippen molar-refractivity contribution in [3.05, 3.63) is 394 Å². The zero-order chi connectivity index (χ0) is 84.4. The number of nitrogens with one attached hydrogen (secondary N) is 8. The summed E-state index contributed by atoms with van der Waals surface area (Å²) in [6.07, 6.45) is 66.7. The van der Waals surface area contributed by atoms with Gasteiger partial charge in [0.1, 0.15) is 0 Å². The van der Waals surface area contributed by atoms with Gasteiger partial charge in [-0.3, -0.25) is 29.6 Å². The first-order chi connectivity index (χ1) is 59.0. The molecule has 0 aliphatic carbocycles. The molecule has 0 spiro atoms.